The second-order valence-electron chi connectivity index (χ2n) is 5.98. The van der Waals surface area contributed by atoms with Crippen LogP contribution < -0.4 is 11.1 Å². The molecule has 1 atom stereocenters. The molecule has 19 heavy (non-hydrogen) atoms. The van der Waals surface area contributed by atoms with Gasteiger partial charge in [0.15, 0.2) is 0 Å². The van der Waals surface area contributed by atoms with Crippen LogP contribution in [0.3, 0.4) is 0 Å². The maximum Gasteiger partial charge on any atom is 0.241 e. The van der Waals surface area contributed by atoms with Gasteiger partial charge in [0.2, 0.25) is 5.91 Å². The molecule has 0 radical (unpaired) electrons. The monoisotopic (exact) mass is 260 g/mol. The van der Waals surface area contributed by atoms with Gasteiger partial charge in [0.1, 0.15) is 6.04 Å². The molecule has 0 aromatic heterocycles. The van der Waals surface area contributed by atoms with Gasteiger partial charge < -0.3 is 11.1 Å². The van der Waals surface area contributed by atoms with E-state index in [1.54, 1.807) is 0 Å². The molecule has 3 nitrogen and oxygen atoms in total. The maximum absolute atomic E-state index is 12.1. The third kappa shape index (κ3) is 3.80. The van der Waals surface area contributed by atoms with E-state index in [2.05, 4.69) is 12.2 Å². The molecule has 1 fully saturated rings. The Kier molecular flexibility index (Phi) is 4.59. The highest BCUT2D eigenvalue weighted by Gasteiger charge is 2.28. The van der Waals surface area contributed by atoms with E-state index in [-0.39, 0.29) is 11.3 Å². The molecule has 2 rings (SSSR count). The molecule has 1 saturated carbocycles. The molecule has 104 valence electrons. The van der Waals surface area contributed by atoms with Crippen LogP contribution >= 0.6 is 0 Å². The third-order valence-corrected chi connectivity index (χ3v) is 4.19. The number of nitrogens with one attached hydrogen (secondary N) is 1. The Morgan fingerprint density at radius 3 is 2.53 bits per heavy atom. The Balaban J connectivity index is 1.87. The first kappa shape index (κ1) is 14.1. The van der Waals surface area contributed by atoms with Crippen LogP contribution in [-0.4, -0.2) is 12.5 Å². The van der Waals surface area contributed by atoms with Crippen molar-refractivity contribution in [2.24, 2.45) is 11.1 Å². The van der Waals surface area contributed by atoms with Crippen LogP contribution in [-0.2, 0) is 4.79 Å². The van der Waals surface area contributed by atoms with Crippen molar-refractivity contribution in [3.8, 4) is 0 Å². The zero-order chi connectivity index (χ0) is 13.7. The normalized spacial score (nSPS) is 19.7. The van der Waals surface area contributed by atoms with Gasteiger partial charge in [-0.2, -0.15) is 0 Å². The summed E-state index contributed by atoms with van der Waals surface area (Å²) in [6, 6.07) is 8.97. The van der Waals surface area contributed by atoms with Gasteiger partial charge in [-0.15, -0.1) is 0 Å². The average Bonchev–Trinajstić information content (AvgIpc) is 2.46. The van der Waals surface area contributed by atoms with Crippen molar-refractivity contribution < 1.29 is 4.79 Å². The lowest BCUT2D eigenvalue weighted by molar-refractivity contribution is -0.123. The number of carbonyl (C=O) groups excluding carboxylic acids is 1. The molecule has 3 N–H and O–H groups in total. The lowest BCUT2D eigenvalue weighted by Crippen LogP contribution is -2.41. The molecule has 1 aliphatic carbocycles. The first-order valence-corrected chi connectivity index (χ1v) is 7.19. The summed E-state index contributed by atoms with van der Waals surface area (Å²) in [5, 5.41) is 3.03. The molecular formula is C16H24N2O. The minimum Gasteiger partial charge on any atom is -0.354 e. The zero-order valence-corrected chi connectivity index (χ0v) is 11.7. The minimum atomic E-state index is -0.562. The number of rotatable bonds is 4. The van der Waals surface area contributed by atoms with Gasteiger partial charge in [-0.3, -0.25) is 4.79 Å². The van der Waals surface area contributed by atoms with Crippen LogP contribution in [0.15, 0.2) is 30.3 Å². The Labute approximate surface area is 115 Å². The quantitative estimate of drug-likeness (QED) is 0.874. The molecule has 1 aromatic carbocycles. The molecule has 0 aliphatic heterocycles. The van der Waals surface area contributed by atoms with Gasteiger partial charge in [0.25, 0.3) is 0 Å². The molecule has 3 heteroatoms. The smallest absolute Gasteiger partial charge is 0.241 e. The Morgan fingerprint density at radius 2 is 1.89 bits per heavy atom. The third-order valence-electron chi connectivity index (χ3n) is 4.19. The van der Waals surface area contributed by atoms with Crippen molar-refractivity contribution in [3.05, 3.63) is 35.9 Å². The average molecular weight is 260 g/mol. The highest BCUT2D eigenvalue weighted by molar-refractivity contribution is 5.82. The van der Waals surface area contributed by atoms with Crippen molar-refractivity contribution in [3.63, 3.8) is 0 Å². The predicted molar refractivity (Wildman–Crippen MR) is 77.6 cm³/mol. The fourth-order valence-corrected chi connectivity index (χ4v) is 2.80. The van der Waals surface area contributed by atoms with Crippen molar-refractivity contribution in [2.45, 2.75) is 45.1 Å². The number of benzene rings is 1. The lowest BCUT2D eigenvalue weighted by Gasteiger charge is -2.34. The Morgan fingerprint density at radius 1 is 1.26 bits per heavy atom. The molecular weight excluding hydrogens is 236 g/mol. The summed E-state index contributed by atoms with van der Waals surface area (Å²) in [6.07, 6.45) is 6.28. The van der Waals surface area contributed by atoms with E-state index in [9.17, 15) is 4.79 Å². The summed E-state index contributed by atoms with van der Waals surface area (Å²) in [7, 11) is 0. The largest absolute Gasteiger partial charge is 0.354 e. The fourth-order valence-electron chi connectivity index (χ4n) is 2.80. The first-order valence-electron chi connectivity index (χ1n) is 7.19. The standard InChI is InChI=1S/C16H24N2O/c1-16(10-6-3-7-11-16)12-18-15(19)14(17)13-8-4-2-5-9-13/h2,4-5,8-9,14H,3,6-7,10-12,17H2,1H3,(H,18,19). The predicted octanol–water partition coefficient (Wildman–Crippen LogP) is 2.77. The maximum atomic E-state index is 12.1. The van der Waals surface area contributed by atoms with Gasteiger partial charge in [0.05, 0.1) is 0 Å². The second-order valence-corrected chi connectivity index (χ2v) is 5.98. The fraction of sp³-hybridized carbons (Fsp3) is 0.562. The second kappa shape index (κ2) is 6.20. The van der Waals surface area contributed by atoms with Crippen molar-refractivity contribution in [1.29, 1.82) is 0 Å². The molecule has 1 aromatic rings. The summed E-state index contributed by atoms with van der Waals surface area (Å²) >= 11 is 0. The topological polar surface area (TPSA) is 55.1 Å². The van der Waals surface area contributed by atoms with Crippen LogP contribution in [0.4, 0.5) is 0 Å². The molecule has 1 unspecified atom stereocenters. The van der Waals surface area contributed by atoms with Crippen molar-refractivity contribution >= 4 is 5.91 Å². The zero-order valence-electron chi connectivity index (χ0n) is 11.7. The van der Waals surface area contributed by atoms with Crippen LogP contribution in [0.2, 0.25) is 0 Å². The van der Waals surface area contributed by atoms with Crippen molar-refractivity contribution in [2.75, 3.05) is 6.54 Å². The molecule has 0 heterocycles. The number of hydrogen-bond acceptors (Lipinski definition) is 2. The van der Waals surface area contributed by atoms with Crippen LogP contribution in [0, 0.1) is 5.41 Å². The number of nitrogens with two attached hydrogens (primary N) is 1. The van der Waals surface area contributed by atoms with Crippen LogP contribution in [0.25, 0.3) is 0 Å². The van der Waals surface area contributed by atoms with Gasteiger partial charge in [-0.05, 0) is 23.8 Å². The molecule has 0 saturated heterocycles. The minimum absolute atomic E-state index is 0.0713. The molecule has 1 aliphatic rings. The van der Waals surface area contributed by atoms with Gasteiger partial charge in [0, 0.05) is 6.54 Å². The number of carbonyl (C=O) groups is 1. The summed E-state index contributed by atoms with van der Waals surface area (Å²) in [6.45, 7) is 3.01. The van der Waals surface area contributed by atoms with Gasteiger partial charge in [-0.25, -0.2) is 0 Å². The van der Waals surface area contributed by atoms with Crippen LogP contribution in [0.5, 0.6) is 0 Å². The van der Waals surface area contributed by atoms with Gasteiger partial charge in [-0.1, -0.05) is 56.5 Å². The van der Waals surface area contributed by atoms with E-state index < -0.39 is 6.04 Å². The number of hydrogen-bond donors (Lipinski definition) is 2. The number of amides is 1. The molecule has 1 amide bonds. The van der Waals surface area contributed by atoms with E-state index >= 15 is 0 Å². The summed E-state index contributed by atoms with van der Waals surface area (Å²) < 4.78 is 0. The van der Waals surface area contributed by atoms with E-state index in [0.29, 0.717) is 0 Å². The van der Waals surface area contributed by atoms with E-state index in [0.717, 1.165) is 12.1 Å². The summed E-state index contributed by atoms with van der Waals surface area (Å²) in [5.41, 5.74) is 7.11. The van der Waals surface area contributed by atoms with E-state index in [1.165, 1.54) is 32.1 Å². The Bertz CT molecular complexity index is 410. The van der Waals surface area contributed by atoms with Crippen LogP contribution in [0.1, 0.15) is 50.6 Å². The van der Waals surface area contributed by atoms with Crippen molar-refractivity contribution in [1.82, 2.24) is 5.32 Å². The lowest BCUT2D eigenvalue weighted by atomic mass is 9.75. The molecule has 0 bridgehead atoms. The summed E-state index contributed by atoms with van der Waals surface area (Å²) in [5.74, 6) is -0.0713. The molecule has 0 spiro atoms. The van der Waals surface area contributed by atoms with E-state index in [1.807, 2.05) is 30.3 Å². The highest BCUT2D eigenvalue weighted by Crippen LogP contribution is 2.34. The van der Waals surface area contributed by atoms with Gasteiger partial charge >= 0.3 is 0 Å². The highest BCUT2D eigenvalue weighted by atomic mass is 16.2. The SMILES string of the molecule is CC1(CNC(=O)C(N)c2ccccc2)CCCCC1. The summed E-state index contributed by atoms with van der Waals surface area (Å²) in [4.78, 5) is 12.1. The Hall–Kier alpha value is -1.35. The van der Waals surface area contributed by atoms with E-state index in [4.69, 9.17) is 5.73 Å². The first-order chi connectivity index (χ1) is 9.11.